The molecule has 110 valence electrons. The molecular weight excluding hydrogens is 258 g/mol. The van der Waals surface area contributed by atoms with Crippen LogP contribution in [-0.2, 0) is 6.42 Å². The highest BCUT2D eigenvalue weighted by Crippen LogP contribution is 2.42. The van der Waals surface area contributed by atoms with Crippen LogP contribution in [0.1, 0.15) is 47.1 Å². The van der Waals surface area contributed by atoms with E-state index in [0.717, 1.165) is 5.56 Å². The molecule has 1 aromatic carbocycles. The molecular formula is C18H23N3. The van der Waals surface area contributed by atoms with E-state index in [4.69, 9.17) is 5.73 Å². The Labute approximate surface area is 126 Å². The van der Waals surface area contributed by atoms with Crippen molar-refractivity contribution in [3.63, 3.8) is 0 Å². The van der Waals surface area contributed by atoms with Crippen LogP contribution in [-0.4, -0.2) is 12.0 Å². The SMILES string of the molecule is CNC(c1c(C)ccnc1N)C1CCCc2ccccc21. The van der Waals surface area contributed by atoms with E-state index >= 15 is 0 Å². The molecule has 3 heteroatoms. The Morgan fingerprint density at radius 3 is 2.86 bits per heavy atom. The highest BCUT2D eigenvalue weighted by Gasteiger charge is 2.30. The molecule has 0 spiro atoms. The Kier molecular flexibility index (Phi) is 3.93. The summed E-state index contributed by atoms with van der Waals surface area (Å²) in [6, 6.07) is 11.1. The Bertz CT molecular complexity index is 616. The standard InChI is InChI=1S/C18H23N3/c1-12-10-11-21-18(19)16(12)17(20-2)15-9-5-7-13-6-3-4-8-14(13)15/h3-4,6,8,10-11,15,17,20H,5,7,9H2,1-2H3,(H2,19,21). The van der Waals surface area contributed by atoms with Gasteiger partial charge in [-0.05, 0) is 56.0 Å². The zero-order valence-corrected chi connectivity index (χ0v) is 12.8. The monoisotopic (exact) mass is 281 g/mol. The average molecular weight is 281 g/mol. The van der Waals surface area contributed by atoms with Gasteiger partial charge in [-0.15, -0.1) is 0 Å². The van der Waals surface area contributed by atoms with Crippen LogP contribution in [0.4, 0.5) is 5.82 Å². The number of hydrogen-bond donors (Lipinski definition) is 2. The second kappa shape index (κ2) is 5.86. The molecule has 1 aliphatic rings. The minimum Gasteiger partial charge on any atom is -0.383 e. The van der Waals surface area contributed by atoms with E-state index in [9.17, 15) is 0 Å². The molecule has 1 heterocycles. The van der Waals surface area contributed by atoms with E-state index in [1.165, 1.54) is 36.0 Å². The van der Waals surface area contributed by atoms with Crippen LogP contribution in [0.15, 0.2) is 36.5 Å². The highest BCUT2D eigenvalue weighted by molar-refractivity contribution is 5.48. The van der Waals surface area contributed by atoms with Crippen LogP contribution in [0.3, 0.4) is 0 Å². The Morgan fingerprint density at radius 2 is 2.10 bits per heavy atom. The third kappa shape index (κ3) is 2.54. The number of aryl methyl sites for hydroxylation is 2. The summed E-state index contributed by atoms with van der Waals surface area (Å²) >= 11 is 0. The number of likely N-dealkylation sites (N-methyl/N-ethyl adjacent to an activating group) is 1. The van der Waals surface area contributed by atoms with Gasteiger partial charge in [0.1, 0.15) is 5.82 Å². The molecule has 0 saturated heterocycles. The Hall–Kier alpha value is -1.87. The normalized spacial score (nSPS) is 19.0. The zero-order chi connectivity index (χ0) is 14.8. The summed E-state index contributed by atoms with van der Waals surface area (Å²) in [6.07, 6.45) is 5.40. The Morgan fingerprint density at radius 1 is 1.29 bits per heavy atom. The lowest BCUT2D eigenvalue weighted by molar-refractivity contribution is 0.424. The third-order valence-electron chi connectivity index (χ3n) is 4.68. The second-order valence-electron chi connectivity index (χ2n) is 5.89. The lowest BCUT2D eigenvalue weighted by Crippen LogP contribution is -2.28. The third-order valence-corrected chi connectivity index (χ3v) is 4.68. The fourth-order valence-corrected chi connectivity index (χ4v) is 3.68. The van der Waals surface area contributed by atoms with Gasteiger partial charge in [0.2, 0.25) is 0 Å². The molecule has 0 saturated carbocycles. The van der Waals surface area contributed by atoms with Crippen LogP contribution < -0.4 is 11.1 Å². The molecule has 3 N–H and O–H groups in total. The zero-order valence-electron chi connectivity index (χ0n) is 12.8. The maximum Gasteiger partial charge on any atom is 0.128 e. The van der Waals surface area contributed by atoms with Crippen molar-refractivity contribution >= 4 is 5.82 Å². The molecule has 21 heavy (non-hydrogen) atoms. The molecule has 0 radical (unpaired) electrons. The highest BCUT2D eigenvalue weighted by atomic mass is 14.9. The average Bonchev–Trinajstić information content (AvgIpc) is 2.51. The predicted octanol–water partition coefficient (Wildman–Crippen LogP) is 3.35. The number of anilines is 1. The first-order chi connectivity index (χ1) is 10.2. The number of aromatic nitrogens is 1. The number of benzene rings is 1. The first-order valence-electron chi connectivity index (χ1n) is 7.68. The number of nitrogens with two attached hydrogens (primary N) is 1. The van der Waals surface area contributed by atoms with Crippen LogP contribution in [0.2, 0.25) is 0 Å². The van der Waals surface area contributed by atoms with Gasteiger partial charge in [-0.25, -0.2) is 4.98 Å². The second-order valence-corrected chi connectivity index (χ2v) is 5.89. The van der Waals surface area contributed by atoms with Gasteiger partial charge in [0.15, 0.2) is 0 Å². The maximum atomic E-state index is 6.17. The molecule has 1 aromatic heterocycles. The number of nitrogens with zero attached hydrogens (tertiary/aromatic N) is 1. The van der Waals surface area contributed by atoms with Crippen molar-refractivity contribution in [3.05, 3.63) is 58.8 Å². The lowest BCUT2D eigenvalue weighted by atomic mass is 9.76. The summed E-state index contributed by atoms with van der Waals surface area (Å²) in [7, 11) is 2.02. The van der Waals surface area contributed by atoms with Crippen molar-refractivity contribution in [2.45, 2.75) is 38.1 Å². The van der Waals surface area contributed by atoms with Crippen molar-refractivity contribution in [2.75, 3.05) is 12.8 Å². The molecule has 0 aliphatic heterocycles. The van der Waals surface area contributed by atoms with Gasteiger partial charge in [-0.1, -0.05) is 24.3 Å². The van der Waals surface area contributed by atoms with Gasteiger partial charge in [0, 0.05) is 23.7 Å². The molecule has 2 aromatic rings. The Balaban J connectivity index is 2.06. The fraction of sp³-hybridized carbons (Fsp3) is 0.389. The van der Waals surface area contributed by atoms with E-state index in [1.807, 2.05) is 13.1 Å². The summed E-state index contributed by atoms with van der Waals surface area (Å²) in [5.41, 5.74) is 11.5. The van der Waals surface area contributed by atoms with Crippen molar-refractivity contribution < 1.29 is 0 Å². The van der Waals surface area contributed by atoms with E-state index in [1.54, 1.807) is 6.20 Å². The summed E-state index contributed by atoms with van der Waals surface area (Å²) in [4.78, 5) is 4.30. The number of hydrogen-bond acceptors (Lipinski definition) is 3. The van der Waals surface area contributed by atoms with Crippen molar-refractivity contribution in [2.24, 2.45) is 0 Å². The topological polar surface area (TPSA) is 50.9 Å². The fourth-order valence-electron chi connectivity index (χ4n) is 3.68. The molecule has 2 atom stereocenters. The predicted molar refractivity (Wildman–Crippen MR) is 87.3 cm³/mol. The summed E-state index contributed by atoms with van der Waals surface area (Å²) in [6.45, 7) is 2.12. The van der Waals surface area contributed by atoms with Gasteiger partial charge in [0.05, 0.1) is 0 Å². The number of rotatable bonds is 3. The number of fused-ring (bicyclic) bond motifs is 1. The van der Waals surface area contributed by atoms with Crippen LogP contribution in [0.25, 0.3) is 0 Å². The molecule has 3 nitrogen and oxygen atoms in total. The smallest absolute Gasteiger partial charge is 0.128 e. The largest absolute Gasteiger partial charge is 0.383 e. The number of nitrogens with one attached hydrogen (secondary N) is 1. The minimum atomic E-state index is 0.222. The van der Waals surface area contributed by atoms with E-state index in [-0.39, 0.29) is 6.04 Å². The molecule has 0 bridgehead atoms. The van der Waals surface area contributed by atoms with Crippen LogP contribution in [0.5, 0.6) is 0 Å². The van der Waals surface area contributed by atoms with Crippen LogP contribution in [0, 0.1) is 6.92 Å². The van der Waals surface area contributed by atoms with E-state index < -0.39 is 0 Å². The van der Waals surface area contributed by atoms with Crippen molar-refractivity contribution in [3.8, 4) is 0 Å². The van der Waals surface area contributed by atoms with Crippen molar-refractivity contribution in [1.82, 2.24) is 10.3 Å². The first-order valence-corrected chi connectivity index (χ1v) is 7.68. The molecule has 0 fully saturated rings. The summed E-state index contributed by atoms with van der Waals surface area (Å²) in [5.74, 6) is 1.11. The lowest BCUT2D eigenvalue weighted by Gasteiger charge is -2.33. The van der Waals surface area contributed by atoms with Gasteiger partial charge >= 0.3 is 0 Å². The summed E-state index contributed by atoms with van der Waals surface area (Å²) < 4.78 is 0. The van der Waals surface area contributed by atoms with E-state index in [2.05, 4.69) is 41.5 Å². The molecule has 0 amide bonds. The molecule has 1 aliphatic carbocycles. The van der Waals surface area contributed by atoms with Gasteiger partial charge in [-0.3, -0.25) is 0 Å². The molecule has 2 unspecified atom stereocenters. The number of nitrogen functional groups attached to an aromatic ring is 1. The minimum absolute atomic E-state index is 0.222. The quantitative estimate of drug-likeness (QED) is 0.907. The van der Waals surface area contributed by atoms with Crippen LogP contribution >= 0.6 is 0 Å². The summed E-state index contributed by atoms with van der Waals surface area (Å²) in [5, 5.41) is 3.49. The van der Waals surface area contributed by atoms with E-state index in [0.29, 0.717) is 11.7 Å². The van der Waals surface area contributed by atoms with Gasteiger partial charge < -0.3 is 11.1 Å². The maximum absolute atomic E-state index is 6.17. The van der Waals surface area contributed by atoms with Crippen molar-refractivity contribution in [1.29, 1.82) is 0 Å². The molecule has 3 rings (SSSR count). The van der Waals surface area contributed by atoms with Gasteiger partial charge in [0.25, 0.3) is 0 Å². The number of pyridine rings is 1. The first kappa shape index (κ1) is 14.1. The van der Waals surface area contributed by atoms with Gasteiger partial charge in [-0.2, -0.15) is 0 Å².